The predicted octanol–water partition coefficient (Wildman–Crippen LogP) is 3.43. The van der Waals surface area contributed by atoms with E-state index in [1.165, 1.54) is 11.1 Å². The number of hydrogen-bond donors (Lipinski definition) is 2. The second-order valence-electron chi connectivity index (χ2n) is 5.68. The molecule has 0 amide bonds. The van der Waals surface area contributed by atoms with Gasteiger partial charge in [0.05, 0.1) is 5.52 Å². The number of benzene rings is 2. The molecule has 1 aromatic heterocycles. The highest BCUT2D eigenvalue weighted by molar-refractivity contribution is 5.83. The monoisotopic (exact) mass is 292 g/mol. The molecule has 112 valence electrons. The Kier molecular flexibility index (Phi) is 4.07. The Bertz CT molecular complexity index is 850. The summed E-state index contributed by atoms with van der Waals surface area (Å²) >= 11 is 0. The van der Waals surface area contributed by atoms with E-state index < -0.39 is 0 Å². The first-order valence-electron chi connectivity index (χ1n) is 7.52. The van der Waals surface area contributed by atoms with Gasteiger partial charge in [0.2, 0.25) is 0 Å². The Balaban J connectivity index is 1.81. The van der Waals surface area contributed by atoms with Crippen LogP contribution in [0.4, 0.5) is 0 Å². The first-order chi connectivity index (χ1) is 10.6. The van der Waals surface area contributed by atoms with Crippen LogP contribution in [0.2, 0.25) is 0 Å². The number of fused-ring (bicyclic) bond motifs is 1. The van der Waals surface area contributed by atoms with Crippen molar-refractivity contribution in [2.45, 2.75) is 26.9 Å². The van der Waals surface area contributed by atoms with E-state index in [0.29, 0.717) is 6.54 Å². The van der Waals surface area contributed by atoms with Crippen LogP contribution in [0.5, 0.6) is 0 Å². The molecule has 0 radical (unpaired) electrons. The highest BCUT2D eigenvalue weighted by atomic mass is 16.1. The van der Waals surface area contributed by atoms with E-state index in [0.717, 1.165) is 28.6 Å². The fourth-order valence-electron chi connectivity index (χ4n) is 2.64. The largest absolute Gasteiger partial charge is 0.321 e. The van der Waals surface area contributed by atoms with Crippen molar-refractivity contribution in [1.29, 1.82) is 0 Å². The summed E-state index contributed by atoms with van der Waals surface area (Å²) < 4.78 is 0. The summed E-state index contributed by atoms with van der Waals surface area (Å²) in [6, 6.07) is 16.3. The number of pyridine rings is 1. The number of aryl methyl sites for hydroxylation is 2. The van der Waals surface area contributed by atoms with Gasteiger partial charge in [-0.1, -0.05) is 42.5 Å². The van der Waals surface area contributed by atoms with Gasteiger partial charge in [0, 0.05) is 18.7 Å². The lowest BCUT2D eigenvalue weighted by Crippen LogP contribution is -2.21. The molecular weight excluding hydrogens is 272 g/mol. The highest BCUT2D eigenvalue weighted by Gasteiger charge is 2.06. The van der Waals surface area contributed by atoms with Crippen molar-refractivity contribution in [3.8, 4) is 0 Å². The molecule has 0 fully saturated rings. The van der Waals surface area contributed by atoms with Crippen molar-refractivity contribution in [3.05, 3.63) is 81.1 Å². The zero-order valence-corrected chi connectivity index (χ0v) is 12.9. The fourth-order valence-corrected chi connectivity index (χ4v) is 2.64. The molecule has 3 rings (SSSR count). The van der Waals surface area contributed by atoms with E-state index in [1.54, 1.807) is 0 Å². The zero-order valence-electron chi connectivity index (χ0n) is 12.9. The van der Waals surface area contributed by atoms with Crippen molar-refractivity contribution < 1.29 is 0 Å². The van der Waals surface area contributed by atoms with Gasteiger partial charge >= 0.3 is 0 Å². The van der Waals surface area contributed by atoms with Crippen molar-refractivity contribution >= 4 is 10.9 Å². The van der Waals surface area contributed by atoms with Gasteiger partial charge in [-0.15, -0.1) is 0 Å². The van der Waals surface area contributed by atoms with Crippen LogP contribution in [0.25, 0.3) is 10.9 Å². The molecule has 2 N–H and O–H groups in total. The van der Waals surface area contributed by atoms with Gasteiger partial charge in [-0.05, 0) is 42.0 Å². The van der Waals surface area contributed by atoms with E-state index in [9.17, 15) is 4.79 Å². The van der Waals surface area contributed by atoms with Crippen LogP contribution >= 0.6 is 0 Å². The van der Waals surface area contributed by atoms with E-state index in [4.69, 9.17) is 0 Å². The SMILES string of the molecule is Cc1ccc2cc(CNCc3ccccc3)c(=O)[nH]c2c1C. The first kappa shape index (κ1) is 14.5. The molecule has 0 aliphatic rings. The van der Waals surface area contributed by atoms with Gasteiger partial charge in [0.15, 0.2) is 0 Å². The molecule has 3 nitrogen and oxygen atoms in total. The molecule has 1 heterocycles. The molecule has 22 heavy (non-hydrogen) atoms. The van der Waals surface area contributed by atoms with Crippen molar-refractivity contribution in [2.24, 2.45) is 0 Å². The topological polar surface area (TPSA) is 44.9 Å². The summed E-state index contributed by atoms with van der Waals surface area (Å²) in [6.45, 7) is 5.42. The number of aromatic nitrogens is 1. The lowest BCUT2D eigenvalue weighted by atomic mass is 10.0. The maximum Gasteiger partial charge on any atom is 0.252 e. The molecule has 3 aromatic rings. The summed E-state index contributed by atoms with van der Waals surface area (Å²) in [5.41, 5.74) is 5.24. The van der Waals surface area contributed by atoms with Crippen LogP contribution in [0.15, 0.2) is 53.3 Å². The second-order valence-corrected chi connectivity index (χ2v) is 5.68. The van der Waals surface area contributed by atoms with Gasteiger partial charge in [0.25, 0.3) is 5.56 Å². The summed E-state index contributed by atoms with van der Waals surface area (Å²) in [7, 11) is 0. The molecule has 0 aliphatic heterocycles. The minimum absolute atomic E-state index is 0.0123. The van der Waals surface area contributed by atoms with E-state index >= 15 is 0 Å². The van der Waals surface area contributed by atoms with E-state index in [2.05, 4.69) is 41.5 Å². The van der Waals surface area contributed by atoms with Gasteiger partial charge in [-0.3, -0.25) is 4.79 Å². The standard InChI is InChI=1S/C19H20N2O/c1-13-8-9-16-10-17(19(22)21-18(16)14(13)2)12-20-11-15-6-4-3-5-7-15/h3-10,20H,11-12H2,1-2H3,(H,21,22). The first-order valence-corrected chi connectivity index (χ1v) is 7.52. The average Bonchev–Trinajstić information content (AvgIpc) is 2.53. The van der Waals surface area contributed by atoms with Crippen LogP contribution in [-0.2, 0) is 13.1 Å². The molecule has 2 aromatic carbocycles. The minimum Gasteiger partial charge on any atom is -0.321 e. The lowest BCUT2D eigenvalue weighted by molar-refractivity contribution is 0.688. The van der Waals surface area contributed by atoms with Crippen molar-refractivity contribution in [2.75, 3.05) is 0 Å². The third-order valence-electron chi connectivity index (χ3n) is 4.12. The summed E-state index contributed by atoms with van der Waals surface area (Å²) in [6.07, 6.45) is 0. The molecule has 0 atom stereocenters. The molecular formula is C19H20N2O. The third-order valence-corrected chi connectivity index (χ3v) is 4.12. The van der Waals surface area contributed by atoms with Crippen molar-refractivity contribution in [1.82, 2.24) is 10.3 Å². The van der Waals surface area contributed by atoms with Gasteiger partial charge in [-0.25, -0.2) is 0 Å². The number of rotatable bonds is 4. The Morgan fingerprint density at radius 1 is 1.00 bits per heavy atom. The van der Waals surface area contributed by atoms with E-state index in [1.807, 2.05) is 31.2 Å². The average molecular weight is 292 g/mol. The van der Waals surface area contributed by atoms with Gasteiger partial charge < -0.3 is 10.3 Å². The summed E-state index contributed by atoms with van der Waals surface area (Å²) in [5.74, 6) is 0. The number of hydrogen-bond acceptors (Lipinski definition) is 2. The Labute approximate surface area is 130 Å². The van der Waals surface area contributed by atoms with Crippen LogP contribution in [0.1, 0.15) is 22.3 Å². The quantitative estimate of drug-likeness (QED) is 0.773. The smallest absolute Gasteiger partial charge is 0.252 e. The zero-order chi connectivity index (χ0) is 15.5. The van der Waals surface area contributed by atoms with Crippen molar-refractivity contribution in [3.63, 3.8) is 0 Å². The molecule has 0 bridgehead atoms. The predicted molar refractivity (Wildman–Crippen MR) is 91.0 cm³/mol. The van der Waals surface area contributed by atoms with Crippen LogP contribution in [0, 0.1) is 13.8 Å². The molecule has 0 saturated heterocycles. The summed E-state index contributed by atoms with van der Waals surface area (Å²) in [4.78, 5) is 15.3. The van der Waals surface area contributed by atoms with Crippen LogP contribution in [0.3, 0.4) is 0 Å². The molecule has 3 heteroatoms. The van der Waals surface area contributed by atoms with E-state index in [-0.39, 0.29) is 5.56 Å². The number of H-pyrrole nitrogens is 1. The second kappa shape index (κ2) is 6.16. The van der Waals surface area contributed by atoms with Crippen LogP contribution in [-0.4, -0.2) is 4.98 Å². The number of aromatic amines is 1. The maximum atomic E-state index is 12.2. The molecule has 0 unspecified atom stereocenters. The molecule has 0 spiro atoms. The highest BCUT2D eigenvalue weighted by Crippen LogP contribution is 2.18. The summed E-state index contributed by atoms with van der Waals surface area (Å²) in [5, 5.41) is 4.41. The maximum absolute atomic E-state index is 12.2. The normalized spacial score (nSPS) is 11.0. The molecule has 0 aliphatic carbocycles. The Morgan fingerprint density at radius 2 is 1.77 bits per heavy atom. The fraction of sp³-hybridized carbons (Fsp3) is 0.211. The Hall–Kier alpha value is -2.39. The minimum atomic E-state index is -0.0123. The van der Waals surface area contributed by atoms with Gasteiger partial charge in [-0.2, -0.15) is 0 Å². The number of nitrogens with one attached hydrogen (secondary N) is 2. The van der Waals surface area contributed by atoms with Crippen LogP contribution < -0.4 is 10.9 Å². The molecule has 0 saturated carbocycles. The van der Waals surface area contributed by atoms with Gasteiger partial charge in [0.1, 0.15) is 0 Å². The Morgan fingerprint density at radius 3 is 2.55 bits per heavy atom. The lowest BCUT2D eigenvalue weighted by Gasteiger charge is -2.09. The third kappa shape index (κ3) is 2.95.